The lowest BCUT2D eigenvalue weighted by atomic mass is 10.1. The molecule has 0 aliphatic heterocycles. The monoisotopic (exact) mass is 370 g/mol. The van der Waals surface area contributed by atoms with E-state index in [1.54, 1.807) is 18.2 Å². The summed E-state index contributed by atoms with van der Waals surface area (Å²) in [6, 6.07) is 15.5. The molecule has 134 valence electrons. The normalized spacial score (nSPS) is 11.0. The minimum atomic E-state index is -2.22. The first kappa shape index (κ1) is 19.4. The van der Waals surface area contributed by atoms with Crippen LogP contribution in [-0.2, 0) is 33.0 Å². The van der Waals surface area contributed by atoms with E-state index in [1.165, 1.54) is 6.07 Å². The first-order valence-electron chi connectivity index (χ1n) is 7.67. The van der Waals surface area contributed by atoms with Crippen molar-refractivity contribution < 1.29 is 23.1 Å². The van der Waals surface area contributed by atoms with Crippen LogP contribution in [0.3, 0.4) is 0 Å². The molecule has 1 atom stereocenters. The number of carbonyl (C=O) groups is 2. The number of nitrogens with one attached hydrogen (secondary N) is 1. The van der Waals surface area contributed by atoms with Crippen LogP contribution in [0.4, 0.5) is 0 Å². The van der Waals surface area contributed by atoms with Crippen LogP contribution in [0, 0.1) is 11.8 Å². The molecule has 0 saturated carbocycles. The van der Waals surface area contributed by atoms with Gasteiger partial charge in [-0.3, -0.25) is 9.00 Å². The quantitative estimate of drug-likeness (QED) is 0.360. The van der Waals surface area contributed by atoms with Crippen molar-refractivity contribution in [2.24, 2.45) is 0 Å². The van der Waals surface area contributed by atoms with E-state index in [1.807, 2.05) is 30.3 Å². The van der Waals surface area contributed by atoms with Gasteiger partial charge in [0, 0.05) is 17.2 Å². The molecule has 7 heteroatoms. The molecule has 26 heavy (non-hydrogen) atoms. The fourth-order valence-corrected chi connectivity index (χ4v) is 2.49. The Morgan fingerprint density at radius 1 is 1.08 bits per heavy atom. The Morgan fingerprint density at radius 3 is 2.54 bits per heavy atom. The van der Waals surface area contributed by atoms with Gasteiger partial charge in [-0.2, -0.15) is 0 Å². The molecule has 0 aromatic heterocycles. The van der Waals surface area contributed by atoms with Crippen molar-refractivity contribution in [1.82, 2.24) is 5.32 Å². The molecule has 2 aromatic rings. The maximum atomic E-state index is 12.0. The number of amides is 1. The lowest BCUT2D eigenvalue weighted by Gasteiger charge is -2.07. The van der Waals surface area contributed by atoms with Crippen LogP contribution in [0.1, 0.15) is 21.5 Å². The van der Waals surface area contributed by atoms with E-state index in [-0.39, 0.29) is 18.9 Å². The Labute approximate surface area is 153 Å². The summed E-state index contributed by atoms with van der Waals surface area (Å²) in [6.07, 6.45) is 0. The summed E-state index contributed by atoms with van der Waals surface area (Å²) < 4.78 is 26.4. The molecule has 0 aliphatic rings. The first-order chi connectivity index (χ1) is 12.5. The molecule has 0 radical (unpaired) electrons. The van der Waals surface area contributed by atoms with Gasteiger partial charge in [-0.1, -0.05) is 59.5 Å². The molecule has 0 heterocycles. The standard InChI is InChI=1S/C19H17NO5S/c21-18(25-13-15-6-2-1-3-7-15)10-5-11-20-19(22)17-9-4-8-16(12-17)14-26(23)24/h1-4,6-9,12H,11,13-14H2,(H,20,22)(H,23,24)/p-1. The molecule has 0 fully saturated rings. The average molecular weight is 370 g/mol. The third-order valence-corrected chi connectivity index (χ3v) is 3.78. The Balaban J connectivity index is 1.78. The van der Waals surface area contributed by atoms with Gasteiger partial charge < -0.3 is 14.6 Å². The molecule has 1 unspecified atom stereocenters. The molecular formula is C19H16NO5S-. The summed E-state index contributed by atoms with van der Waals surface area (Å²) in [7, 11) is 0. The Bertz CT molecular complexity index is 855. The SMILES string of the molecule is O=C(C#CCNC(=O)c1cccc(CS(=O)[O-])c1)OCc1ccccc1. The molecular weight excluding hydrogens is 354 g/mol. The van der Waals surface area contributed by atoms with Crippen molar-refractivity contribution in [3.8, 4) is 11.8 Å². The highest BCUT2D eigenvalue weighted by Crippen LogP contribution is 2.07. The van der Waals surface area contributed by atoms with Crippen LogP contribution in [0.2, 0.25) is 0 Å². The molecule has 1 N–H and O–H groups in total. The van der Waals surface area contributed by atoms with Gasteiger partial charge in [-0.15, -0.1) is 0 Å². The Morgan fingerprint density at radius 2 is 1.81 bits per heavy atom. The first-order valence-corrected chi connectivity index (χ1v) is 8.91. The van der Waals surface area contributed by atoms with Crippen molar-refractivity contribution in [3.63, 3.8) is 0 Å². The fraction of sp³-hybridized carbons (Fsp3) is 0.158. The molecule has 0 aliphatic carbocycles. The van der Waals surface area contributed by atoms with Crippen molar-refractivity contribution in [3.05, 3.63) is 71.3 Å². The van der Waals surface area contributed by atoms with E-state index < -0.39 is 23.0 Å². The van der Waals surface area contributed by atoms with Gasteiger partial charge in [0.25, 0.3) is 5.91 Å². The van der Waals surface area contributed by atoms with Gasteiger partial charge in [0.15, 0.2) is 0 Å². The second kappa shape index (κ2) is 10.1. The predicted molar refractivity (Wildman–Crippen MR) is 95.4 cm³/mol. The zero-order valence-electron chi connectivity index (χ0n) is 13.8. The Hall–Kier alpha value is -2.95. The van der Waals surface area contributed by atoms with Crippen molar-refractivity contribution >= 4 is 23.0 Å². The number of hydrogen-bond donors (Lipinski definition) is 1. The van der Waals surface area contributed by atoms with Crippen molar-refractivity contribution in [2.45, 2.75) is 12.4 Å². The number of ether oxygens (including phenoxy) is 1. The van der Waals surface area contributed by atoms with Crippen LogP contribution in [0.5, 0.6) is 0 Å². The van der Waals surface area contributed by atoms with Crippen molar-refractivity contribution in [1.29, 1.82) is 0 Å². The summed E-state index contributed by atoms with van der Waals surface area (Å²) in [6.45, 7) is 0.103. The van der Waals surface area contributed by atoms with Crippen LogP contribution < -0.4 is 5.32 Å². The summed E-state index contributed by atoms with van der Waals surface area (Å²) >= 11 is -2.22. The number of rotatable bonds is 6. The largest absolute Gasteiger partial charge is 0.772 e. The second-order valence-corrected chi connectivity index (χ2v) is 6.09. The van der Waals surface area contributed by atoms with Crippen LogP contribution in [0.15, 0.2) is 54.6 Å². The van der Waals surface area contributed by atoms with E-state index in [9.17, 15) is 18.4 Å². The number of benzene rings is 2. The summed E-state index contributed by atoms with van der Waals surface area (Å²) in [5.41, 5.74) is 1.69. The number of hydrogen-bond acceptors (Lipinski definition) is 5. The molecule has 2 rings (SSSR count). The topological polar surface area (TPSA) is 95.5 Å². The zero-order valence-corrected chi connectivity index (χ0v) is 14.6. The number of esters is 1. The minimum absolute atomic E-state index is 0.0308. The highest BCUT2D eigenvalue weighted by Gasteiger charge is 2.05. The number of carbonyl (C=O) groups excluding carboxylic acids is 2. The van der Waals surface area contributed by atoms with Crippen LogP contribution in [-0.4, -0.2) is 27.2 Å². The van der Waals surface area contributed by atoms with E-state index >= 15 is 0 Å². The maximum absolute atomic E-state index is 12.0. The third kappa shape index (κ3) is 6.89. The molecule has 0 bridgehead atoms. The van der Waals surface area contributed by atoms with Crippen LogP contribution in [0.25, 0.3) is 0 Å². The second-order valence-electron chi connectivity index (χ2n) is 5.19. The molecule has 0 saturated heterocycles. The maximum Gasteiger partial charge on any atom is 0.384 e. The lowest BCUT2D eigenvalue weighted by molar-refractivity contribution is -0.137. The van der Waals surface area contributed by atoms with E-state index in [0.29, 0.717) is 11.1 Å². The van der Waals surface area contributed by atoms with Gasteiger partial charge in [0.2, 0.25) is 0 Å². The fourth-order valence-electron chi connectivity index (χ4n) is 2.04. The molecule has 1 amide bonds. The minimum Gasteiger partial charge on any atom is -0.772 e. The Kier molecular flexibility index (Phi) is 7.55. The smallest absolute Gasteiger partial charge is 0.384 e. The van der Waals surface area contributed by atoms with Gasteiger partial charge in [0.05, 0.1) is 6.54 Å². The molecule has 6 nitrogen and oxygen atoms in total. The van der Waals surface area contributed by atoms with Crippen molar-refractivity contribution in [2.75, 3.05) is 6.54 Å². The van der Waals surface area contributed by atoms with Gasteiger partial charge in [-0.25, -0.2) is 4.79 Å². The molecule has 2 aromatic carbocycles. The summed E-state index contributed by atoms with van der Waals surface area (Å²) in [4.78, 5) is 23.5. The highest BCUT2D eigenvalue weighted by molar-refractivity contribution is 7.78. The van der Waals surface area contributed by atoms with Gasteiger partial charge >= 0.3 is 5.97 Å². The van der Waals surface area contributed by atoms with E-state index in [4.69, 9.17) is 4.74 Å². The van der Waals surface area contributed by atoms with Crippen LogP contribution >= 0.6 is 0 Å². The average Bonchev–Trinajstić information content (AvgIpc) is 2.64. The summed E-state index contributed by atoms with van der Waals surface area (Å²) in [5.74, 6) is 3.56. The highest BCUT2D eigenvalue weighted by atomic mass is 32.2. The van der Waals surface area contributed by atoms with Gasteiger partial charge in [-0.05, 0) is 23.3 Å². The summed E-state index contributed by atoms with van der Waals surface area (Å²) in [5, 5.41) is 2.53. The predicted octanol–water partition coefficient (Wildman–Crippen LogP) is 1.54. The van der Waals surface area contributed by atoms with E-state index in [2.05, 4.69) is 17.2 Å². The third-order valence-electron chi connectivity index (χ3n) is 3.21. The van der Waals surface area contributed by atoms with E-state index in [0.717, 1.165) is 5.56 Å². The lowest BCUT2D eigenvalue weighted by Crippen LogP contribution is -2.23. The van der Waals surface area contributed by atoms with Gasteiger partial charge in [0.1, 0.15) is 6.61 Å². The zero-order chi connectivity index (χ0) is 18.8. The molecule has 0 spiro atoms.